The van der Waals surface area contributed by atoms with Crippen LogP contribution in [0, 0.1) is 0 Å². The molecule has 0 radical (unpaired) electrons. The fourth-order valence-electron chi connectivity index (χ4n) is 1.23. The summed E-state index contributed by atoms with van der Waals surface area (Å²) in [6.45, 7) is 1.26. The third-order valence-electron chi connectivity index (χ3n) is 1.99. The van der Waals surface area contributed by atoms with Gasteiger partial charge in [0.1, 0.15) is 5.75 Å². The van der Waals surface area contributed by atoms with Gasteiger partial charge in [-0.25, -0.2) is 0 Å². The van der Waals surface area contributed by atoms with E-state index in [0.29, 0.717) is 18.1 Å². The van der Waals surface area contributed by atoms with E-state index < -0.39 is 0 Å². The van der Waals surface area contributed by atoms with Crippen LogP contribution in [0.25, 0.3) is 0 Å². The molecule has 14 heavy (non-hydrogen) atoms. The lowest BCUT2D eigenvalue weighted by Gasteiger charge is -2.16. The molecule has 0 heterocycles. The summed E-state index contributed by atoms with van der Waals surface area (Å²) < 4.78 is 0. The van der Waals surface area contributed by atoms with E-state index in [9.17, 15) is 5.11 Å². The molecule has 0 aliphatic heterocycles. The van der Waals surface area contributed by atoms with Gasteiger partial charge in [0.25, 0.3) is 0 Å². The van der Waals surface area contributed by atoms with Crippen molar-refractivity contribution in [3.63, 3.8) is 0 Å². The smallest absolute Gasteiger partial charge is 0.138 e. The van der Waals surface area contributed by atoms with Crippen LogP contribution < -0.4 is 0 Å². The topological polar surface area (TPSA) is 43.7 Å². The molecular formula is C10H14ClNO2. The molecule has 0 aliphatic carbocycles. The number of hydrogen-bond acceptors (Lipinski definition) is 3. The van der Waals surface area contributed by atoms with Gasteiger partial charge in [-0.15, -0.1) is 0 Å². The van der Waals surface area contributed by atoms with Gasteiger partial charge in [-0.05, 0) is 13.1 Å². The average molecular weight is 216 g/mol. The Bertz CT molecular complexity index is 304. The molecule has 0 spiro atoms. The van der Waals surface area contributed by atoms with E-state index in [1.54, 1.807) is 12.1 Å². The van der Waals surface area contributed by atoms with Gasteiger partial charge in [0.15, 0.2) is 0 Å². The molecule has 0 aliphatic rings. The summed E-state index contributed by atoms with van der Waals surface area (Å²) in [6.07, 6.45) is 0. The fourth-order valence-corrected chi connectivity index (χ4v) is 1.42. The van der Waals surface area contributed by atoms with Crippen molar-refractivity contribution in [1.82, 2.24) is 4.90 Å². The number of aromatic hydroxyl groups is 1. The number of aliphatic hydroxyl groups is 1. The zero-order valence-corrected chi connectivity index (χ0v) is 8.83. The number of nitrogens with zero attached hydrogens (tertiary/aromatic N) is 1. The largest absolute Gasteiger partial charge is 0.506 e. The molecule has 0 aromatic heterocycles. The van der Waals surface area contributed by atoms with Crippen molar-refractivity contribution in [2.24, 2.45) is 0 Å². The molecule has 2 N–H and O–H groups in total. The Morgan fingerprint density at radius 2 is 2.14 bits per heavy atom. The molecule has 78 valence electrons. The third-order valence-corrected chi connectivity index (χ3v) is 2.30. The van der Waals surface area contributed by atoms with Crippen molar-refractivity contribution in [3.8, 4) is 5.75 Å². The second-order valence-electron chi connectivity index (χ2n) is 3.21. The van der Waals surface area contributed by atoms with Gasteiger partial charge in [-0.1, -0.05) is 23.7 Å². The van der Waals surface area contributed by atoms with Crippen molar-refractivity contribution < 1.29 is 10.2 Å². The highest BCUT2D eigenvalue weighted by molar-refractivity contribution is 6.32. The molecular weight excluding hydrogens is 202 g/mol. The summed E-state index contributed by atoms with van der Waals surface area (Å²) in [5.74, 6) is 0.124. The van der Waals surface area contributed by atoms with Crippen LogP contribution in [-0.4, -0.2) is 35.3 Å². The number of rotatable bonds is 4. The maximum atomic E-state index is 9.59. The van der Waals surface area contributed by atoms with Crippen molar-refractivity contribution in [2.75, 3.05) is 20.2 Å². The molecule has 0 atom stereocenters. The summed E-state index contributed by atoms with van der Waals surface area (Å²) in [4.78, 5) is 1.91. The van der Waals surface area contributed by atoms with Crippen molar-refractivity contribution in [1.29, 1.82) is 0 Å². The van der Waals surface area contributed by atoms with E-state index in [2.05, 4.69) is 0 Å². The molecule has 0 saturated carbocycles. The first-order valence-electron chi connectivity index (χ1n) is 4.41. The Balaban J connectivity index is 2.71. The molecule has 1 rings (SSSR count). The zero-order valence-electron chi connectivity index (χ0n) is 8.07. The maximum absolute atomic E-state index is 9.59. The normalized spacial score (nSPS) is 10.9. The molecule has 0 saturated heterocycles. The van der Waals surface area contributed by atoms with Crippen molar-refractivity contribution >= 4 is 11.6 Å². The summed E-state index contributed by atoms with van der Waals surface area (Å²) in [5.41, 5.74) is 0.772. The van der Waals surface area contributed by atoms with E-state index >= 15 is 0 Å². The second kappa shape index (κ2) is 5.20. The highest BCUT2D eigenvalue weighted by Crippen LogP contribution is 2.27. The van der Waals surface area contributed by atoms with E-state index in [4.69, 9.17) is 16.7 Å². The number of aliphatic hydroxyl groups excluding tert-OH is 1. The Morgan fingerprint density at radius 3 is 2.79 bits per heavy atom. The lowest BCUT2D eigenvalue weighted by atomic mass is 10.2. The van der Waals surface area contributed by atoms with Crippen LogP contribution in [0.5, 0.6) is 5.75 Å². The van der Waals surface area contributed by atoms with Crippen LogP contribution in [0.15, 0.2) is 18.2 Å². The molecule has 0 unspecified atom stereocenters. The predicted octanol–water partition coefficient (Wildman–Crippen LogP) is 1.47. The third kappa shape index (κ3) is 2.87. The minimum atomic E-state index is 0.109. The monoisotopic (exact) mass is 215 g/mol. The minimum Gasteiger partial charge on any atom is -0.506 e. The molecule has 4 heteroatoms. The molecule has 0 fully saturated rings. The zero-order chi connectivity index (χ0) is 10.6. The minimum absolute atomic E-state index is 0.109. The van der Waals surface area contributed by atoms with Crippen LogP contribution in [0.1, 0.15) is 5.56 Å². The molecule has 3 nitrogen and oxygen atoms in total. The SMILES string of the molecule is CN(CCO)Cc1cccc(Cl)c1O. The van der Waals surface area contributed by atoms with Gasteiger partial charge in [0.2, 0.25) is 0 Å². The van der Waals surface area contributed by atoms with Gasteiger partial charge in [-0.3, -0.25) is 4.90 Å². The van der Waals surface area contributed by atoms with Gasteiger partial charge in [0.05, 0.1) is 11.6 Å². The first-order chi connectivity index (χ1) is 6.65. The van der Waals surface area contributed by atoms with Crippen LogP contribution in [0.2, 0.25) is 5.02 Å². The van der Waals surface area contributed by atoms with Crippen LogP contribution in [-0.2, 0) is 6.54 Å². The molecule has 0 amide bonds. The predicted molar refractivity (Wildman–Crippen MR) is 56.5 cm³/mol. The highest BCUT2D eigenvalue weighted by Gasteiger charge is 2.06. The number of phenolic OH excluding ortho intramolecular Hbond substituents is 1. The average Bonchev–Trinajstić information content (AvgIpc) is 2.13. The van der Waals surface area contributed by atoms with Crippen LogP contribution in [0.4, 0.5) is 0 Å². The van der Waals surface area contributed by atoms with E-state index in [0.717, 1.165) is 5.56 Å². The van der Waals surface area contributed by atoms with E-state index in [1.165, 1.54) is 0 Å². The van der Waals surface area contributed by atoms with Gasteiger partial charge < -0.3 is 10.2 Å². The van der Waals surface area contributed by atoms with Gasteiger partial charge in [0, 0.05) is 18.7 Å². The fraction of sp³-hybridized carbons (Fsp3) is 0.400. The Kier molecular flexibility index (Phi) is 4.20. The molecule has 0 bridgehead atoms. The Morgan fingerprint density at radius 1 is 1.43 bits per heavy atom. The number of likely N-dealkylation sites (N-methyl/N-ethyl adjacent to an activating group) is 1. The number of phenols is 1. The first-order valence-corrected chi connectivity index (χ1v) is 4.78. The summed E-state index contributed by atoms with van der Waals surface area (Å²) in [6, 6.07) is 5.26. The lowest BCUT2D eigenvalue weighted by molar-refractivity contribution is 0.216. The summed E-state index contributed by atoms with van der Waals surface area (Å²) in [5, 5.41) is 18.7. The van der Waals surface area contributed by atoms with E-state index in [-0.39, 0.29) is 12.4 Å². The molecule has 1 aromatic rings. The number of benzene rings is 1. The first kappa shape index (κ1) is 11.3. The Hall–Kier alpha value is -0.770. The van der Waals surface area contributed by atoms with Gasteiger partial charge in [-0.2, -0.15) is 0 Å². The van der Waals surface area contributed by atoms with Crippen LogP contribution in [0.3, 0.4) is 0 Å². The number of para-hydroxylation sites is 1. The second-order valence-corrected chi connectivity index (χ2v) is 3.62. The standard InChI is InChI=1S/C10H14ClNO2/c1-12(5-6-13)7-8-3-2-4-9(11)10(8)14/h2-4,13-14H,5-7H2,1H3. The maximum Gasteiger partial charge on any atom is 0.138 e. The van der Waals surface area contributed by atoms with E-state index in [1.807, 2.05) is 18.0 Å². The molecule has 1 aromatic carbocycles. The number of halogens is 1. The van der Waals surface area contributed by atoms with Gasteiger partial charge >= 0.3 is 0 Å². The Labute approximate surface area is 88.5 Å². The van der Waals surface area contributed by atoms with Crippen molar-refractivity contribution in [2.45, 2.75) is 6.54 Å². The van der Waals surface area contributed by atoms with Crippen LogP contribution >= 0.6 is 11.6 Å². The quantitative estimate of drug-likeness (QED) is 0.800. The summed E-state index contributed by atoms with van der Waals surface area (Å²) >= 11 is 5.76. The highest BCUT2D eigenvalue weighted by atomic mass is 35.5. The summed E-state index contributed by atoms with van der Waals surface area (Å²) in [7, 11) is 1.87. The number of hydrogen-bond donors (Lipinski definition) is 2. The van der Waals surface area contributed by atoms with Crippen molar-refractivity contribution in [3.05, 3.63) is 28.8 Å². The lowest BCUT2D eigenvalue weighted by Crippen LogP contribution is -2.21.